The van der Waals surface area contributed by atoms with E-state index in [0.29, 0.717) is 11.6 Å². The Morgan fingerprint density at radius 3 is 2.91 bits per heavy atom. The first-order valence-electron chi connectivity index (χ1n) is 3.17. The molecule has 0 bridgehead atoms. The lowest BCUT2D eigenvalue weighted by molar-refractivity contribution is -0.139. The zero-order chi connectivity index (χ0) is 8.27. The van der Waals surface area contributed by atoms with Crippen LogP contribution < -0.4 is 0 Å². The molecule has 1 heterocycles. The minimum absolute atomic E-state index is 0.126. The maximum absolute atomic E-state index is 10.7. The van der Waals surface area contributed by atoms with Gasteiger partial charge in [-0.3, -0.25) is 9.89 Å². The molecular weight excluding hydrogens is 146 g/mol. The zero-order valence-corrected chi connectivity index (χ0v) is 6.42. The number of aromatic amines is 1. The molecule has 5 heteroatoms. The number of rotatable bonds is 2. The summed E-state index contributed by atoms with van der Waals surface area (Å²) in [5.74, 6) is 0.835. The van der Waals surface area contributed by atoms with E-state index in [9.17, 15) is 4.79 Å². The average Bonchev–Trinajstić information content (AvgIpc) is 2.35. The van der Waals surface area contributed by atoms with Crippen molar-refractivity contribution in [3.63, 3.8) is 0 Å². The second kappa shape index (κ2) is 3.14. The Morgan fingerprint density at radius 1 is 1.73 bits per heavy atom. The Balaban J connectivity index is 2.57. The van der Waals surface area contributed by atoms with E-state index in [1.54, 1.807) is 6.92 Å². The van der Waals surface area contributed by atoms with Gasteiger partial charge in [0.25, 0.3) is 0 Å². The fourth-order valence-electron chi connectivity index (χ4n) is 0.669. The Morgan fingerprint density at radius 2 is 2.45 bits per heavy atom. The Labute approximate surface area is 63.8 Å². The highest BCUT2D eigenvalue weighted by Crippen LogP contribution is 1.92. The third-order valence-corrected chi connectivity index (χ3v) is 1.17. The summed E-state index contributed by atoms with van der Waals surface area (Å²) in [6, 6.07) is 0. The number of H-pyrrole nitrogens is 1. The minimum atomic E-state index is -0.330. The number of ether oxygens (including phenoxy) is 1. The van der Waals surface area contributed by atoms with E-state index in [1.165, 1.54) is 7.11 Å². The van der Waals surface area contributed by atoms with Crippen molar-refractivity contribution in [2.45, 2.75) is 13.3 Å². The molecular formula is C6H9N3O2. The zero-order valence-electron chi connectivity index (χ0n) is 6.42. The third kappa shape index (κ3) is 2.03. The van der Waals surface area contributed by atoms with E-state index in [4.69, 9.17) is 0 Å². The van der Waals surface area contributed by atoms with E-state index < -0.39 is 0 Å². The van der Waals surface area contributed by atoms with Gasteiger partial charge in [-0.25, -0.2) is 4.98 Å². The van der Waals surface area contributed by atoms with Crippen LogP contribution in [0.25, 0.3) is 0 Å². The molecule has 11 heavy (non-hydrogen) atoms. The fraction of sp³-hybridized carbons (Fsp3) is 0.500. The minimum Gasteiger partial charge on any atom is -0.469 e. The second-order valence-electron chi connectivity index (χ2n) is 2.09. The van der Waals surface area contributed by atoms with E-state index in [1.807, 2.05) is 0 Å². The molecule has 0 aliphatic heterocycles. The van der Waals surface area contributed by atoms with Gasteiger partial charge in [-0.05, 0) is 6.92 Å². The van der Waals surface area contributed by atoms with Crippen molar-refractivity contribution in [3.05, 3.63) is 11.6 Å². The normalized spacial score (nSPS) is 9.64. The first-order valence-corrected chi connectivity index (χ1v) is 3.17. The van der Waals surface area contributed by atoms with Crippen LogP contribution in [-0.2, 0) is 16.0 Å². The summed E-state index contributed by atoms with van der Waals surface area (Å²) in [5, 5.41) is 6.40. The molecule has 0 saturated carbocycles. The van der Waals surface area contributed by atoms with Gasteiger partial charge in [0.2, 0.25) is 0 Å². The summed E-state index contributed by atoms with van der Waals surface area (Å²) in [6.45, 7) is 1.77. The predicted molar refractivity (Wildman–Crippen MR) is 36.8 cm³/mol. The summed E-state index contributed by atoms with van der Waals surface area (Å²) in [7, 11) is 1.34. The van der Waals surface area contributed by atoms with E-state index in [-0.39, 0.29) is 12.4 Å². The van der Waals surface area contributed by atoms with Gasteiger partial charge in [-0.2, -0.15) is 5.10 Å². The lowest BCUT2D eigenvalue weighted by atomic mass is 10.4. The lowest BCUT2D eigenvalue weighted by Crippen LogP contribution is -2.05. The topological polar surface area (TPSA) is 67.9 Å². The molecule has 0 aliphatic carbocycles. The molecule has 0 aromatic carbocycles. The highest BCUT2D eigenvalue weighted by Gasteiger charge is 2.06. The van der Waals surface area contributed by atoms with Gasteiger partial charge in [-0.15, -0.1) is 0 Å². The summed E-state index contributed by atoms with van der Waals surface area (Å²) < 4.78 is 4.43. The van der Waals surface area contributed by atoms with Crippen LogP contribution in [-0.4, -0.2) is 28.3 Å². The van der Waals surface area contributed by atoms with Crippen molar-refractivity contribution < 1.29 is 9.53 Å². The maximum Gasteiger partial charge on any atom is 0.313 e. The van der Waals surface area contributed by atoms with E-state index in [2.05, 4.69) is 19.9 Å². The molecule has 0 spiro atoms. The predicted octanol–water partition coefficient (Wildman–Crippen LogP) is -0.171. The van der Waals surface area contributed by atoms with Crippen LogP contribution in [0.3, 0.4) is 0 Å². The average molecular weight is 155 g/mol. The number of carbonyl (C=O) groups excluding carboxylic acids is 1. The smallest absolute Gasteiger partial charge is 0.313 e. The van der Waals surface area contributed by atoms with Crippen molar-refractivity contribution in [3.8, 4) is 0 Å². The molecule has 0 atom stereocenters. The molecule has 1 N–H and O–H groups in total. The lowest BCUT2D eigenvalue weighted by Gasteiger charge is -1.91. The summed E-state index contributed by atoms with van der Waals surface area (Å²) in [4.78, 5) is 14.6. The van der Waals surface area contributed by atoms with E-state index in [0.717, 1.165) is 0 Å². The second-order valence-corrected chi connectivity index (χ2v) is 2.09. The molecule has 0 amide bonds. The van der Waals surface area contributed by atoms with Gasteiger partial charge in [-0.1, -0.05) is 0 Å². The van der Waals surface area contributed by atoms with Crippen molar-refractivity contribution in [1.29, 1.82) is 0 Å². The molecule has 5 nitrogen and oxygen atoms in total. The number of nitrogens with one attached hydrogen (secondary N) is 1. The largest absolute Gasteiger partial charge is 0.469 e. The van der Waals surface area contributed by atoms with Crippen LogP contribution >= 0.6 is 0 Å². The number of methoxy groups -OCH3 is 1. The van der Waals surface area contributed by atoms with Gasteiger partial charge in [0, 0.05) is 0 Å². The quantitative estimate of drug-likeness (QED) is 0.602. The first kappa shape index (κ1) is 7.71. The number of hydrogen-bond acceptors (Lipinski definition) is 4. The number of carbonyl (C=O) groups is 1. The van der Waals surface area contributed by atoms with Gasteiger partial charge in [0.1, 0.15) is 12.2 Å². The van der Waals surface area contributed by atoms with Gasteiger partial charge < -0.3 is 4.74 Å². The van der Waals surface area contributed by atoms with Crippen LogP contribution in [0.4, 0.5) is 0 Å². The van der Waals surface area contributed by atoms with Crippen LogP contribution in [0, 0.1) is 6.92 Å². The monoisotopic (exact) mass is 155 g/mol. The van der Waals surface area contributed by atoms with Crippen molar-refractivity contribution in [1.82, 2.24) is 15.2 Å². The fourth-order valence-corrected chi connectivity index (χ4v) is 0.669. The first-order chi connectivity index (χ1) is 5.22. The van der Waals surface area contributed by atoms with Crippen molar-refractivity contribution in [2.24, 2.45) is 0 Å². The Hall–Kier alpha value is -1.39. The van der Waals surface area contributed by atoms with Gasteiger partial charge in [0.15, 0.2) is 5.82 Å². The Kier molecular flexibility index (Phi) is 2.20. The number of aryl methyl sites for hydroxylation is 1. The van der Waals surface area contributed by atoms with Crippen LogP contribution in [0.1, 0.15) is 11.6 Å². The van der Waals surface area contributed by atoms with Crippen molar-refractivity contribution in [2.75, 3.05) is 7.11 Å². The Bertz CT molecular complexity index is 256. The molecule has 0 aliphatic rings. The number of hydrogen-bond donors (Lipinski definition) is 1. The van der Waals surface area contributed by atoms with E-state index >= 15 is 0 Å². The highest BCUT2D eigenvalue weighted by atomic mass is 16.5. The summed E-state index contributed by atoms with van der Waals surface area (Å²) in [5.41, 5.74) is 0. The molecule has 0 saturated heterocycles. The summed E-state index contributed by atoms with van der Waals surface area (Å²) >= 11 is 0. The molecule has 1 rings (SSSR count). The van der Waals surface area contributed by atoms with Crippen molar-refractivity contribution >= 4 is 5.97 Å². The standard InChI is InChI=1S/C6H9N3O2/c1-4-7-5(9-8-4)3-6(10)11-2/h3H2,1-2H3,(H,7,8,9). The number of esters is 1. The number of aromatic nitrogens is 3. The SMILES string of the molecule is COC(=O)Cc1n[nH]c(C)n1. The summed E-state index contributed by atoms with van der Waals surface area (Å²) in [6.07, 6.45) is 0.126. The molecule has 1 aromatic rings. The van der Waals surface area contributed by atoms with Gasteiger partial charge >= 0.3 is 5.97 Å². The van der Waals surface area contributed by atoms with Crippen LogP contribution in [0.5, 0.6) is 0 Å². The maximum atomic E-state index is 10.7. The number of nitrogens with zero attached hydrogens (tertiary/aromatic N) is 2. The molecule has 0 radical (unpaired) electrons. The van der Waals surface area contributed by atoms with Crippen LogP contribution in [0.15, 0.2) is 0 Å². The third-order valence-electron chi connectivity index (χ3n) is 1.17. The molecule has 0 fully saturated rings. The highest BCUT2D eigenvalue weighted by molar-refractivity contribution is 5.71. The van der Waals surface area contributed by atoms with Crippen LogP contribution in [0.2, 0.25) is 0 Å². The molecule has 0 unspecified atom stereocenters. The molecule has 1 aromatic heterocycles. The molecule has 60 valence electrons. The van der Waals surface area contributed by atoms with Gasteiger partial charge in [0.05, 0.1) is 7.11 Å².